The SMILES string of the molecule is C#Cc1cccc2c(=O)cc(CN)oc12. The molecule has 2 rings (SSSR count). The van der Waals surface area contributed by atoms with Gasteiger partial charge in [0.1, 0.15) is 5.76 Å². The Morgan fingerprint density at radius 1 is 1.47 bits per heavy atom. The third kappa shape index (κ3) is 1.51. The van der Waals surface area contributed by atoms with Gasteiger partial charge < -0.3 is 10.2 Å². The van der Waals surface area contributed by atoms with Gasteiger partial charge >= 0.3 is 0 Å². The van der Waals surface area contributed by atoms with Crippen LogP contribution < -0.4 is 11.2 Å². The first-order valence-corrected chi connectivity index (χ1v) is 4.48. The quantitative estimate of drug-likeness (QED) is 0.703. The molecule has 0 radical (unpaired) electrons. The van der Waals surface area contributed by atoms with Gasteiger partial charge in [0.2, 0.25) is 0 Å². The first-order valence-electron chi connectivity index (χ1n) is 4.48. The summed E-state index contributed by atoms with van der Waals surface area (Å²) in [5.41, 5.74) is 6.31. The summed E-state index contributed by atoms with van der Waals surface area (Å²) >= 11 is 0. The van der Waals surface area contributed by atoms with Gasteiger partial charge in [-0.3, -0.25) is 4.79 Å². The van der Waals surface area contributed by atoms with E-state index in [0.717, 1.165) is 0 Å². The lowest BCUT2D eigenvalue weighted by Crippen LogP contribution is -2.06. The van der Waals surface area contributed by atoms with Crippen molar-refractivity contribution in [2.75, 3.05) is 0 Å². The summed E-state index contributed by atoms with van der Waals surface area (Å²) < 4.78 is 5.45. The summed E-state index contributed by atoms with van der Waals surface area (Å²) in [5.74, 6) is 2.92. The van der Waals surface area contributed by atoms with Crippen molar-refractivity contribution in [3.05, 3.63) is 45.8 Å². The Kier molecular flexibility index (Phi) is 2.28. The highest BCUT2D eigenvalue weighted by Crippen LogP contribution is 2.16. The zero-order valence-corrected chi connectivity index (χ0v) is 7.99. The predicted octanol–water partition coefficient (Wildman–Crippen LogP) is 1.23. The van der Waals surface area contributed by atoms with Crippen LogP contribution in [0.2, 0.25) is 0 Å². The van der Waals surface area contributed by atoms with E-state index in [0.29, 0.717) is 22.3 Å². The first kappa shape index (κ1) is 9.50. The molecular weight excluding hydrogens is 190 g/mol. The molecule has 0 aliphatic carbocycles. The maximum Gasteiger partial charge on any atom is 0.193 e. The third-order valence-electron chi connectivity index (χ3n) is 2.16. The Labute approximate surface area is 86.5 Å². The number of nitrogens with two attached hydrogens (primary N) is 1. The van der Waals surface area contributed by atoms with Crippen LogP contribution in [0.1, 0.15) is 11.3 Å². The molecule has 3 nitrogen and oxygen atoms in total. The maximum absolute atomic E-state index is 11.6. The monoisotopic (exact) mass is 199 g/mol. The molecule has 3 heteroatoms. The van der Waals surface area contributed by atoms with Crippen LogP contribution in [-0.2, 0) is 6.54 Å². The number of rotatable bonds is 1. The van der Waals surface area contributed by atoms with E-state index < -0.39 is 0 Å². The van der Waals surface area contributed by atoms with Gasteiger partial charge in [0.05, 0.1) is 17.5 Å². The Balaban J connectivity index is 2.93. The average molecular weight is 199 g/mol. The van der Waals surface area contributed by atoms with Gasteiger partial charge in [0.15, 0.2) is 11.0 Å². The second-order valence-electron chi connectivity index (χ2n) is 3.11. The maximum atomic E-state index is 11.6. The number of hydrogen-bond acceptors (Lipinski definition) is 3. The molecule has 0 amide bonds. The van der Waals surface area contributed by atoms with Crippen LogP contribution in [0.5, 0.6) is 0 Å². The van der Waals surface area contributed by atoms with Crippen molar-refractivity contribution >= 4 is 11.0 Å². The molecule has 0 saturated heterocycles. The zero-order chi connectivity index (χ0) is 10.8. The van der Waals surface area contributed by atoms with Gasteiger partial charge in [-0.15, -0.1) is 6.42 Å². The van der Waals surface area contributed by atoms with Crippen LogP contribution in [-0.4, -0.2) is 0 Å². The highest BCUT2D eigenvalue weighted by Gasteiger charge is 2.06. The van der Waals surface area contributed by atoms with Crippen LogP contribution in [0.25, 0.3) is 11.0 Å². The molecule has 15 heavy (non-hydrogen) atoms. The lowest BCUT2D eigenvalue weighted by Gasteiger charge is -2.01. The summed E-state index contributed by atoms with van der Waals surface area (Å²) in [6, 6.07) is 6.53. The van der Waals surface area contributed by atoms with Crippen molar-refractivity contribution in [3.63, 3.8) is 0 Å². The van der Waals surface area contributed by atoms with Crippen LogP contribution in [0.4, 0.5) is 0 Å². The molecule has 0 saturated carbocycles. The first-order chi connectivity index (χ1) is 7.26. The van der Waals surface area contributed by atoms with Gasteiger partial charge in [-0.25, -0.2) is 0 Å². The Morgan fingerprint density at radius 2 is 2.27 bits per heavy atom. The van der Waals surface area contributed by atoms with Crippen molar-refractivity contribution in [2.45, 2.75) is 6.54 Å². The minimum Gasteiger partial charge on any atom is -0.458 e. The standard InChI is InChI=1S/C12H9NO2/c1-2-8-4-3-5-10-11(14)6-9(7-13)15-12(8)10/h1,3-6H,7,13H2. The lowest BCUT2D eigenvalue weighted by molar-refractivity contribution is 0.538. The molecule has 0 aliphatic heterocycles. The number of terminal acetylenes is 1. The highest BCUT2D eigenvalue weighted by atomic mass is 16.3. The second kappa shape index (κ2) is 3.60. The van der Waals surface area contributed by atoms with E-state index >= 15 is 0 Å². The minimum absolute atomic E-state index is 0.117. The Hall–Kier alpha value is -2.05. The van der Waals surface area contributed by atoms with E-state index in [9.17, 15) is 4.79 Å². The summed E-state index contributed by atoms with van der Waals surface area (Å²) in [7, 11) is 0. The molecule has 2 N–H and O–H groups in total. The summed E-state index contributed by atoms with van der Waals surface area (Å²) in [6.07, 6.45) is 5.31. The second-order valence-corrected chi connectivity index (χ2v) is 3.11. The average Bonchev–Trinajstić information content (AvgIpc) is 2.28. The number of para-hydroxylation sites is 1. The molecule has 0 aliphatic rings. The van der Waals surface area contributed by atoms with E-state index in [1.54, 1.807) is 18.2 Å². The Morgan fingerprint density at radius 3 is 2.93 bits per heavy atom. The van der Waals surface area contributed by atoms with Gasteiger partial charge in [-0.2, -0.15) is 0 Å². The topological polar surface area (TPSA) is 56.2 Å². The Bertz CT molecular complexity index is 605. The number of fused-ring (bicyclic) bond motifs is 1. The molecule has 1 aromatic heterocycles. The summed E-state index contributed by atoms with van der Waals surface area (Å²) in [6.45, 7) is 0.185. The van der Waals surface area contributed by atoms with Crippen LogP contribution >= 0.6 is 0 Å². The largest absolute Gasteiger partial charge is 0.458 e. The normalized spacial score (nSPS) is 10.1. The smallest absolute Gasteiger partial charge is 0.193 e. The molecule has 1 aromatic carbocycles. The molecule has 0 bridgehead atoms. The molecule has 0 unspecified atom stereocenters. The third-order valence-corrected chi connectivity index (χ3v) is 2.16. The summed E-state index contributed by atoms with van der Waals surface area (Å²) in [5, 5.41) is 0.489. The van der Waals surface area contributed by atoms with Crippen LogP contribution in [0, 0.1) is 12.3 Å². The summed E-state index contributed by atoms with van der Waals surface area (Å²) in [4.78, 5) is 11.6. The van der Waals surface area contributed by atoms with Crippen LogP contribution in [0.3, 0.4) is 0 Å². The van der Waals surface area contributed by atoms with E-state index in [-0.39, 0.29) is 12.0 Å². The molecule has 0 atom stereocenters. The van der Waals surface area contributed by atoms with E-state index in [1.807, 2.05) is 0 Å². The van der Waals surface area contributed by atoms with Gasteiger partial charge in [0.25, 0.3) is 0 Å². The van der Waals surface area contributed by atoms with Crippen molar-refractivity contribution in [1.82, 2.24) is 0 Å². The number of hydrogen-bond donors (Lipinski definition) is 1. The van der Waals surface area contributed by atoms with Crippen molar-refractivity contribution < 1.29 is 4.42 Å². The van der Waals surface area contributed by atoms with Gasteiger partial charge in [0, 0.05) is 6.07 Å². The molecule has 2 aromatic rings. The van der Waals surface area contributed by atoms with E-state index in [4.69, 9.17) is 16.6 Å². The minimum atomic E-state index is -0.117. The molecule has 0 fully saturated rings. The predicted molar refractivity (Wildman–Crippen MR) is 58.3 cm³/mol. The molecule has 74 valence electrons. The van der Waals surface area contributed by atoms with E-state index in [2.05, 4.69) is 5.92 Å². The molecular formula is C12H9NO2. The number of benzene rings is 1. The highest BCUT2D eigenvalue weighted by molar-refractivity contribution is 5.82. The van der Waals surface area contributed by atoms with E-state index in [1.165, 1.54) is 6.07 Å². The van der Waals surface area contributed by atoms with Crippen molar-refractivity contribution in [3.8, 4) is 12.3 Å². The zero-order valence-electron chi connectivity index (χ0n) is 7.99. The molecule has 1 heterocycles. The fourth-order valence-electron chi connectivity index (χ4n) is 1.44. The fraction of sp³-hybridized carbons (Fsp3) is 0.0833. The van der Waals surface area contributed by atoms with Gasteiger partial charge in [-0.1, -0.05) is 12.0 Å². The molecule has 0 spiro atoms. The van der Waals surface area contributed by atoms with Crippen LogP contribution in [0.15, 0.2) is 33.5 Å². The lowest BCUT2D eigenvalue weighted by atomic mass is 10.1. The van der Waals surface area contributed by atoms with Gasteiger partial charge in [-0.05, 0) is 12.1 Å². The van der Waals surface area contributed by atoms with Crippen molar-refractivity contribution in [1.29, 1.82) is 0 Å². The fourth-order valence-corrected chi connectivity index (χ4v) is 1.44. The van der Waals surface area contributed by atoms with Crippen molar-refractivity contribution in [2.24, 2.45) is 5.73 Å².